The van der Waals surface area contributed by atoms with Gasteiger partial charge in [0.15, 0.2) is 5.13 Å². The third kappa shape index (κ3) is 2.25. The fourth-order valence-corrected chi connectivity index (χ4v) is 1.96. The van der Waals surface area contributed by atoms with E-state index in [0.29, 0.717) is 11.0 Å². The van der Waals surface area contributed by atoms with Crippen LogP contribution in [0.3, 0.4) is 0 Å². The highest BCUT2D eigenvalue weighted by Gasteiger charge is 2.26. The van der Waals surface area contributed by atoms with Gasteiger partial charge >= 0.3 is 0 Å². The van der Waals surface area contributed by atoms with Crippen LogP contribution in [0.4, 0.5) is 5.13 Å². The van der Waals surface area contributed by atoms with E-state index in [9.17, 15) is 4.79 Å². The summed E-state index contributed by atoms with van der Waals surface area (Å²) < 4.78 is 0. The summed E-state index contributed by atoms with van der Waals surface area (Å²) in [6.45, 7) is 1.65. The van der Waals surface area contributed by atoms with E-state index in [0.717, 1.165) is 5.69 Å². The van der Waals surface area contributed by atoms with Crippen molar-refractivity contribution >= 4 is 34.0 Å². The number of amides is 1. The standard InChI is InChI=1S/C9H11ClN2OS/c1-5(10)8(13)12-9-11-7(4-14-9)6-2-3-6/h4-6H,2-3H2,1H3,(H,11,12,13). The summed E-state index contributed by atoms with van der Waals surface area (Å²) in [5.41, 5.74) is 1.10. The molecule has 0 radical (unpaired) electrons. The maximum Gasteiger partial charge on any atom is 0.243 e. The van der Waals surface area contributed by atoms with Gasteiger partial charge in [0.2, 0.25) is 5.91 Å². The van der Waals surface area contributed by atoms with Crippen LogP contribution in [0.15, 0.2) is 5.38 Å². The molecule has 5 heteroatoms. The summed E-state index contributed by atoms with van der Waals surface area (Å²) in [7, 11) is 0. The molecule has 0 aliphatic heterocycles. The minimum absolute atomic E-state index is 0.191. The topological polar surface area (TPSA) is 42.0 Å². The molecule has 1 heterocycles. The van der Waals surface area contributed by atoms with Crippen molar-refractivity contribution in [2.24, 2.45) is 0 Å². The summed E-state index contributed by atoms with van der Waals surface area (Å²) in [5, 5.41) is 4.83. The number of thiazole rings is 1. The number of alkyl halides is 1. The van der Waals surface area contributed by atoms with Gasteiger partial charge in [-0.3, -0.25) is 4.79 Å². The van der Waals surface area contributed by atoms with Crippen molar-refractivity contribution < 1.29 is 4.79 Å². The predicted molar refractivity (Wildman–Crippen MR) is 58.0 cm³/mol. The minimum atomic E-state index is -0.511. The normalized spacial score (nSPS) is 17.9. The van der Waals surface area contributed by atoms with Crippen LogP contribution < -0.4 is 5.32 Å². The Bertz CT molecular complexity index is 346. The van der Waals surface area contributed by atoms with Gasteiger partial charge in [0.25, 0.3) is 0 Å². The summed E-state index contributed by atoms with van der Waals surface area (Å²) in [4.78, 5) is 15.6. The van der Waals surface area contributed by atoms with Gasteiger partial charge in [-0.15, -0.1) is 22.9 Å². The van der Waals surface area contributed by atoms with Crippen LogP contribution in [0.2, 0.25) is 0 Å². The zero-order chi connectivity index (χ0) is 10.1. The largest absolute Gasteiger partial charge is 0.301 e. The first-order valence-corrected chi connectivity index (χ1v) is 5.89. The number of halogens is 1. The first-order valence-electron chi connectivity index (χ1n) is 4.57. The zero-order valence-corrected chi connectivity index (χ0v) is 9.36. The average Bonchev–Trinajstić information content (AvgIpc) is 2.88. The van der Waals surface area contributed by atoms with E-state index in [1.165, 1.54) is 24.2 Å². The number of nitrogens with one attached hydrogen (secondary N) is 1. The number of rotatable bonds is 3. The van der Waals surface area contributed by atoms with E-state index in [4.69, 9.17) is 11.6 Å². The number of aromatic nitrogens is 1. The van der Waals surface area contributed by atoms with Crippen molar-refractivity contribution in [2.45, 2.75) is 31.1 Å². The van der Waals surface area contributed by atoms with E-state index in [2.05, 4.69) is 10.3 Å². The Morgan fingerprint density at radius 2 is 2.50 bits per heavy atom. The van der Waals surface area contributed by atoms with Crippen LogP contribution in [0.1, 0.15) is 31.4 Å². The highest BCUT2D eigenvalue weighted by molar-refractivity contribution is 7.14. The van der Waals surface area contributed by atoms with Crippen molar-refractivity contribution in [3.05, 3.63) is 11.1 Å². The molecule has 1 saturated carbocycles. The molecule has 1 aliphatic carbocycles. The van der Waals surface area contributed by atoms with E-state index < -0.39 is 5.38 Å². The first kappa shape index (κ1) is 9.93. The summed E-state index contributed by atoms with van der Waals surface area (Å²) in [6, 6.07) is 0. The van der Waals surface area contributed by atoms with Crippen LogP contribution in [-0.4, -0.2) is 16.3 Å². The van der Waals surface area contributed by atoms with Gasteiger partial charge in [-0.25, -0.2) is 4.98 Å². The molecule has 1 unspecified atom stereocenters. The molecule has 76 valence electrons. The Kier molecular flexibility index (Phi) is 2.74. The molecule has 1 amide bonds. The van der Waals surface area contributed by atoms with Gasteiger partial charge in [-0.2, -0.15) is 0 Å². The smallest absolute Gasteiger partial charge is 0.243 e. The number of carbonyl (C=O) groups is 1. The van der Waals surface area contributed by atoms with Gasteiger partial charge in [0, 0.05) is 11.3 Å². The molecule has 1 fully saturated rings. The maximum atomic E-state index is 11.2. The molecule has 3 nitrogen and oxygen atoms in total. The molecule has 1 aliphatic rings. The fourth-order valence-electron chi connectivity index (χ4n) is 1.12. The van der Waals surface area contributed by atoms with Gasteiger partial charge in [-0.05, 0) is 19.8 Å². The molecule has 0 bridgehead atoms. The summed E-state index contributed by atoms with van der Waals surface area (Å²) >= 11 is 7.09. The number of anilines is 1. The highest BCUT2D eigenvalue weighted by atomic mass is 35.5. The van der Waals surface area contributed by atoms with Crippen LogP contribution in [0.5, 0.6) is 0 Å². The fraction of sp³-hybridized carbons (Fsp3) is 0.556. The monoisotopic (exact) mass is 230 g/mol. The van der Waals surface area contributed by atoms with Crippen molar-refractivity contribution in [2.75, 3.05) is 5.32 Å². The van der Waals surface area contributed by atoms with Crippen LogP contribution in [0, 0.1) is 0 Å². The van der Waals surface area contributed by atoms with Crippen molar-refractivity contribution in [3.63, 3.8) is 0 Å². The predicted octanol–water partition coefficient (Wildman–Crippen LogP) is 2.59. The Hall–Kier alpha value is -0.610. The molecular formula is C9H11ClN2OS. The lowest BCUT2D eigenvalue weighted by atomic mass is 10.3. The van der Waals surface area contributed by atoms with Gasteiger partial charge in [0.1, 0.15) is 5.38 Å². The van der Waals surface area contributed by atoms with Crippen molar-refractivity contribution in [1.82, 2.24) is 4.98 Å². The number of nitrogens with zero attached hydrogens (tertiary/aromatic N) is 1. The molecule has 1 aromatic rings. The second kappa shape index (κ2) is 3.87. The zero-order valence-electron chi connectivity index (χ0n) is 7.79. The number of hydrogen-bond acceptors (Lipinski definition) is 3. The minimum Gasteiger partial charge on any atom is -0.301 e. The average molecular weight is 231 g/mol. The third-order valence-corrected chi connectivity index (χ3v) is 3.08. The second-order valence-electron chi connectivity index (χ2n) is 3.46. The Balaban J connectivity index is 1.99. The third-order valence-electron chi connectivity index (χ3n) is 2.11. The van der Waals surface area contributed by atoms with E-state index in [1.807, 2.05) is 5.38 Å². The lowest BCUT2D eigenvalue weighted by Crippen LogP contribution is -2.20. The maximum absolute atomic E-state index is 11.2. The summed E-state index contributed by atoms with van der Waals surface area (Å²) in [6.07, 6.45) is 2.45. The number of hydrogen-bond donors (Lipinski definition) is 1. The highest BCUT2D eigenvalue weighted by Crippen LogP contribution is 2.40. The lowest BCUT2D eigenvalue weighted by molar-refractivity contribution is -0.115. The SMILES string of the molecule is CC(Cl)C(=O)Nc1nc(C2CC2)cs1. The van der Waals surface area contributed by atoms with Crippen LogP contribution >= 0.6 is 22.9 Å². The molecule has 1 atom stereocenters. The molecule has 0 spiro atoms. The van der Waals surface area contributed by atoms with Gasteiger partial charge in [-0.1, -0.05) is 0 Å². The van der Waals surface area contributed by atoms with Crippen molar-refractivity contribution in [1.29, 1.82) is 0 Å². The summed E-state index contributed by atoms with van der Waals surface area (Å²) in [5.74, 6) is 0.439. The Morgan fingerprint density at radius 1 is 1.79 bits per heavy atom. The van der Waals surface area contributed by atoms with Gasteiger partial charge < -0.3 is 5.32 Å². The van der Waals surface area contributed by atoms with Crippen LogP contribution in [0.25, 0.3) is 0 Å². The van der Waals surface area contributed by atoms with E-state index in [-0.39, 0.29) is 5.91 Å². The molecule has 1 aromatic heterocycles. The second-order valence-corrected chi connectivity index (χ2v) is 4.97. The number of carbonyl (C=O) groups excluding carboxylic acids is 1. The van der Waals surface area contributed by atoms with E-state index >= 15 is 0 Å². The molecule has 0 aromatic carbocycles. The lowest BCUT2D eigenvalue weighted by Gasteiger charge is -2.01. The Labute approximate surface area is 91.5 Å². The quantitative estimate of drug-likeness (QED) is 0.811. The van der Waals surface area contributed by atoms with Crippen molar-refractivity contribution in [3.8, 4) is 0 Å². The molecule has 1 N–H and O–H groups in total. The Morgan fingerprint density at radius 3 is 3.07 bits per heavy atom. The molecular weight excluding hydrogens is 220 g/mol. The first-order chi connectivity index (χ1) is 6.66. The molecule has 14 heavy (non-hydrogen) atoms. The molecule has 0 saturated heterocycles. The van der Waals surface area contributed by atoms with Gasteiger partial charge in [0.05, 0.1) is 5.69 Å². The molecule has 2 rings (SSSR count). The van der Waals surface area contributed by atoms with E-state index in [1.54, 1.807) is 6.92 Å². The van der Waals surface area contributed by atoms with Crippen LogP contribution in [-0.2, 0) is 4.79 Å².